The molecule has 5 nitrogen and oxygen atoms in total. The van der Waals surface area contributed by atoms with Gasteiger partial charge >= 0.3 is 0 Å². The summed E-state index contributed by atoms with van der Waals surface area (Å²) in [6, 6.07) is 12.6. The highest BCUT2D eigenvalue weighted by Gasteiger charge is 2.49. The Morgan fingerprint density at radius 2 is 1.82 bits per heavy atom. The van der Waals surface area contributed by atoms with E-state index in [1.807, 2.05) is 4.90 Å². The first-order valence-corrected chi connectivity index (χ1v) is 11.3. The Morgan fingerprint density at radius 3 is 2.57 bits per heavy atom. The molecule has 148 valence electrons. The largest absolute Gasteiger partial charge is 0.306 e. The van der Waals surface area contributed by atoms with Crippen molar-refractivity contribution >= 4 is 33.0 Å². The van der Waals surface area contributed by atoms with Gasteiger partial charge in [-0.3, -0.25) is 9.69 Å². The Bertz CT molecular complexity index is 1010. The van der Waals surface area contributed by atoms with E-state index in [4.69, 9.17) is 11.6 Å². The predicted molar refractivity (Wildman–Crippen MR) is 107 cm³/mol. The lowest BCUT2D eigenvalue weighted by molar-refractivity contribution is -0.123. The van der Waals surface area contributed by atoms with Crippen molar-refractivity contribution < 1.29 is 17.6 Å². The van der Waals surface area contributed by atoms with E-state index < -0.39 is 15.9 Å². The van der Waals surface area contributed by atoms with Gasteiger partial charge < -0.3 is 4.90 Å². The van der Waals surface area contributed by atoms with Crippen LogP contribution in [0.4, 0.5) is 10.1 Å². The zero-order valence-corrected chi connectivity index (χ0v) is 16.7. The third-order valence-electron chi connectivity index (χ3n) is 5.41. The fourth-order valence-corrected chi connectivity index (χ4v) is 6.30. The Hall–Kier alpha value is -1.96. The summed E-state index contributed by atoms with van der Waals surface area (Å²) in [6.07, 6.45) is 0.417. The molecule has 0 aliphatic carbocycles. The Kier molecular flexibility index (Phi) is 5.16. The van der Waals surface area contributed by atoms with Crippen LogP contribution in [-0.4, -0.2) is 55.9 Å². The summed E-state index contributed by atoms with van der Waals surface area (Å²) in [5.74, 6) is -0.540. The number of amides is 1. The number of anilines is 1. The fraction of sp³-hybridized carbons (Fsp3) is 0.350. The van der Waals surface area contributed by atoms with Crippen LogP contribution in [0.3, 0.4) is 0 Å². The average Bonchev–Trinajstić information content (AvgIpc) is 2.95. The number of fused-ring (bicyclic) bond motifs is 1. The van der Waals surface area contributed by atoms with E-state index in [0.29, 0.717) is 29.2 Å². The number of nitrogens with zero attached hydrogens (tertiary/aromatic N) is 2. The molecule has 0 spiro atoms. The Labute approximate surface area is 168 Å². The Balaban J connectivity index is 1.60. The number of halogens is 2. The number of rotatable bonds is 4. The van der Waals surface area contributed by atoms with Gasteiger partial charge in [0.2, 0.25) is 5.91 Å². The molecule has 4 rings (SSSR count). The molecule has 2 atom stereocenters. The topological polar surface area (TPSA) is 57.7 Å². The molecular formula is C20H20ClFN2O3S. The molecule has 0 aromatic heterocycles. The highest BCUT2D eigenvalue weighted by atomic mass is 35.5. The molecule has 2 fully saturated rings. The second kappa shape index (κ2) is 7.46. The molecular weight excluding hydrogens is 403 g/mol. The lowest BCUT2D eigenvalue weighted by Crippen LogP contribution is -2.62. The molecule has 0 N–H and O–H groups in total. The molecule has 28 heavy (non-hydrogen) atoms. The number of hydrogen-bond donors (Lipinski definition) is 0. The predicted octanol–water partition coefficient (Wildman–Crippen LogP) is 2.54. The lowest BCUT2D eigenvalue weighted by Gasteiger charge is -2.43. The van der Waals surface area contributed by atoms with Gasteiger partial charge in [-0.25, -0.2) is 12.8 Å². The van der Waals surface area contributed by atoms with Crippen molar-refractivity contribution in [1.29, 1.82) is 0 Å². The lowest BCUT2D eigenvalue weighted by atomic mass is 10.0. The van der Waals surface area contributed by atoms with Crippen molar-refractivity contribution in [2.75, 3.05) is 29.5 Å². The van der Waals surface area contributed by atoms with E-state index in [2.05, 4.69) is 0 Å². The van der Waals surface area contributed by atoms with E-state index >= 15 is 0 Å². The minimum absolute atomic E-state index is 0.000710. The number of benzene rings is 2. The van der Waals surface area contributed by atoms with Gasteiger partial charge in [0.15, 0.2) is 9.84 Å². The second-order valence-corrected chi connectivity index (χ2v) is 9.86. The molecule has 1 amide bonds. The van der Waals surface area contributed by atoms with Gasteiger partial charge in [0, 0.05) is 23.3 Å². The first-order chi connectivity index (χ1) is 13.3. The molecule has 8 heteroatoms. The number of piperazine rings is 1. The van der Waals surface area contributed by atoms with Crippen LogP contribution in [0.1, 0.15) is 5.56 Å². The van der Waals surface area contributed by atoms with Crippen molar-refractivity contribution in [3.05, 3.63) is 64.9 Å². The first-order valence-electron chi connectivity index (χ1n) is 9.09. The summed E-state index contributed by atoms with van der Waals surface area (Å²) >= 11 is 6.07. The molecule has 0 saturated carbocycles. The van der Waals surface area contributed by atoms with Crippen molar-refractivity contribution in [2.45, 2.75) is 18.5 Å². The van der Waals surface area contributed by atoms with Crippen LogP contribution in [-0.2, 0) is 21.1 Å². The third kappa shape index (κ3) is 3.79. The molecule has 2 aliphatic heterocycles. The summed E-state index contributed by atoms with van der Waals surface area (Å²) in [6.45, 7) is 0.518. The summed E-state index contributed by atoms with van der Waals surface area (Å²) in [5.41, 5.74) is 1.17. The average molecular weight is 423 g/mol. The molecule has 2 aromatic carbocycles. The van der Waals surface area contributed by atoms with Crippen molar-refractivity contribution in [1.82, 2.24) is 4.90 Å². The maximum absolute atomic E-state index is 13.9. The molecule has 0 radical (unpaired) electrons. The van der Waals surface area contributed by atoms with Gasteiger partial charge in [0.25, 0.3) is 0 Å². The summed E-state index contributed by atoms with van der Waals surface area (Å²) < 4.78 is 38.7. The molecule has 0 unspecified atom stereocenters. The van der Waals surface area contributed by atoms with Gasteiger partial charge in [-0.1, -0.05) is 35.9 Å². The minimum Gasteiger partial charge on any atom is -0.306 e. The number of carbonyl (C=O) groups is 1. The summed E-state index contributed by atoms with van der Waals surface area (Å²) in [4.78, 5) is 16.4. The van der Waals surface area contributed by atoms with Gasteiger partial charge in [0.1, 0.15) is 5.82 Å². The van der Waals surface area contributed by atoms with E-state index in [1.165, 1.54) is 6.07 Å². The standard InChI is InChI=1S/C20H20ClFN2O3S/c21-15-5-3-6-16(10-15)24-19-13-28(26,27)12-18(19)23(11-20(24)25)9-8-14-4-1-2-7-17(14)22/h1-7,10,18-19H,8-9,11-13H2/t18-,19+/m1/s1. The zero-order chi connectivity index (χ0) is 19.9. The van der Waals surface area contributed by atoms with E-state index in [9.17, 15) is 17.6 Å². The highest BCUT2D eigenvalue weighted by molar-refractivity contribution is 7.91. The summed E-state index contributed by atoms with van der Waals surface area (Å²) in [7, 11) is -3.27. The van der Waals surface area contributed by atoms with Crippen LogP contribution < -0.4 is 4.90 Å². The van der Waals surface area contributed by atoms with Gasteiger partial charge in [0.05, 0.1) is 24.1 Å². The maximum atomic E-state index is 13.9. The Morgan fingerprint density at radius 1 is 1.07 bits per heavy atom. The van der Waals surface area contributed by atoms with Crippen molar-refractivity contribution in [2.24, 2.45) is 0 Å². The van der Waals surface area contributed by atoms with Crippen LogP contribution in [0.2, 0.25) is 5.02 Å². The first kappa shape index (κ1) is 19.4. The normalized spacial score (nSPS) is 24.4. The van der Waals surface area contributed by atoms with E-state index in [0.717, 1.165) is 0 Å². The molecule has 0 bridgehead atoms. The quantitative estimate of drug-likeness (QED) is 0.759. The van der Waals surface area contributed by atoms with E-state index in [-0.39, 0.29) is 35.8 Å². The van der Waals surface area contributed by atoms with Crippen LogP contribution in [0, 0.1) is 5.82 Å². The van der Waals surface area contributed by atoms with Gasteiger partial charge in [-0.2, -0.15) is 0 Å². The van der Waals surface area contributed by atoms with Crippen molar-refractivity contribution in [3.8, 4) is 0 Å². The van der Waals surface area contributed by atoms with Gasteiger partial charge in [-0.15, -0.1) is 0 Å². The SMILES string of the molecule is O=C1CN(CCc2ccccc2F)[C@@H]2CS(=O)(=O)C[C@@H]2N1c1cccc(Cl)c1. The molecule has 2 aliphatic rings. The smallest absolute Gasteiger partial charge is 0.241 e. The molecule has 2 heterocycles. The number of sulfone groups is 1. The van der Waals surface area contributed by atoms with Crippen LogP contribution in [0.5, 0.6) is 0 Å². The fourth-order valence-electron chi connectivity index (χ4n) is 4.13. The molecule has 2 saturated heterocycles. The van der Waals surface area contributed by atoms with Crippen LogP contribution >= 0.6 is 11.6 Å². The van der Waals surface area contributed by atoms with Crippen molar-refractivity contribution in [3.63, 3.8) is 0 Å². The summed E-state index contributed by atoms with van der Waals surface area (Å²) in [5, 5.41) is 0.490. The molecule has 2 aromatic rings. The highest BCUT2D eigenvalue weighted by Crippen LogP contribution is 2.32. The maximum Gasteiger partial charge on any atom is 0.241 e. The van der Waals surface area contributed by atoms with Crippen LogP contribution in [0.25, 0.3) is 0 Å². The number of hydrogen-bond acceptors (Lipinski definition) is 4. The third-order valence-corrected chi connectivity index (χ3v) is 7.35. The van der Waals surface area contributed by atoms with Gasteiger partial charge in [-0.05, 0) is 36.2 Å². The second-order valence-electron chi connectivity index (χ2n) is 7.27. The minimum atomic E-state index is -3.27. The number of carbonyl (C=O) groups excluding carboxylic acids is 1. The van der Waals surface area contributed by atoms with E-state index in [1.54, 1.807) is 47.4 Å². The zero-order valence-electron chi connectivity index (χ0n) is 15.1. The van der Waals surface area contributed by atoms with Crippen LogP contribution in [0.15, 0.2) is 48.5 Å². The monoisotopic (exact) mass is 422 g/mol.